The van der Waals surface area contributed by atoms with Crippen molar-refractivity contribution in [2.24, 2.45) is 0 Å². The third-order valence-electron chi connectivity index (χ3n) is 3.76. The van der Waals surface area contributed by atoms with Crippen LogP contribution >= 0.6 is 0 Å². The van der Waals surface area contributed by atoms with E-state index in [9.17, 15) is 4.39 Å². The molecule has 8 nitrogen and oxygen atoms in total. The average molecular weight is 356 g/mol. The first-order valence-corrected chi connectivity index (χ1v) is 8.38. The number of rotatable bonds is 7. The summed E-state index contributed by atoms with van der Waals surface area (Å²) in [7, 11) is 0. The molecule has 0 bridgehead atoms. The lowest BCUT2D eigenvalue weighted by atomic mass is 10.1. The van der Waals surface area contributed by atoms with Crippen molar-refractivity contribution in [3.8, 4) is 0 Å². The molecule has 0 aliphatic carbocycles. The molecule has 3 aromatic rings. The fourth-order valence-corrected chi connectivity index (χ4v) is 2.48. The van der Waals surface area contributed by atoms with Gasteiger partial charge in [-0.25, -0.2) is 4.39 Å². The monoisotopic (exact) mass is 356 g/mol. The van der Waals surface area contributed by atoms with Crippen LogP contribution in [-0.2, 0) is 6.42 Å². The van der Waals surface area contributed by atoms with Crippen LogP contribution in [0.2, 0.25) is 0 Å². The van der Waals surface area contributed by atoms with Crippen LogP contribution in [-0.4, -0.2) is 25.1 Å². The third-order valence-corrected chi connectivity index (χ3v) is 3.76. The molecule has 1 unspecified atom stereocenters. The standard InChI is InChI=1S/C17H21FN8/c1-3-4-13-9-14(26-25-13)21-17-23-15(19)22-16(24-17)20-10(2)11-5-7-12(18)8-6-11/h5-10H,3-4H2,1-2H3,(H5,19,20,21,22,23,24,25,26). The second kappa shape index (κ2) is 7.77. The molecule has 0 saturated heterocycles. The maximum atomic E-state index is 13.1. The number of benzene rings is 1. The molecule has 2 aromatic heterocycles. The molecule has 1 atom stereocenters. The lowest BCUT2D eigenvalue weighted by molar-refractivity contribution is 0.626. The fraction of sp³-hybridized carbons (Fsp3) is 0.294. The number of nitrogen functional groups attached to an aromatic ring is 1. The van der Waals surface area contributed by atoms with Gasteiger partial charge >= 0.3 is 0 Å². The molecule has 2 heterocycles. The molecular formula is C17H21FN8. The van der Waals surface area contributed by atoms with Crippen molar-refractivity contribution < 1.29 is 4.39 Å². The van der Waals surface area contributed by atoms with Gasteiger partial charge < -0.3 is 16.4 Å². The molecule has 3 rings (SSSR count). The third kappa shape index (κ3) is 4.44. The van der Waals surface area contributed by atoms with E-state index in [1.807, 2.05) is 13.0 Å². The minimum atomic E-state index is -0.279. The van der Waals surface area contributed by atoms with Crippen LogP contribution in [0.25, 0.3) is 0 Å². The first-order valence-electron chi connectivity index (χ1n) is 8.38. The molecule has 0 aliphatic heterocycles. The highest BCUT2D eigenvalue weighted by Gasteiger charge is 2.11. The first-order chi connectivity index (χ1) is 12.5. The number of H-pyrrole nitrogens is 1. The van der Waals surface area contributed by atoms with Crippen LogP contribution in [0.3, 0.4) is 0 Å². The van der Waals surface area contributed by atoms with Gasteiger partial charge in [0.1, 0.15) is 5.82 Å². The highest BCUT2D eigenvalue weighted by molar-refractivity contribution is 5.51. The van der Waals surface area contributed by atoms with Gasteiger partial charge in [-0.2, -0.15) is 20.1 Å². The van der Waals surface area contributed by atoms with E-state index in [-0.39, 0.29) is 17.8 Å². The summed E-state index contributed by atoms with van der Waals surface area (Å²) in [6, 6.07) is 8.00. The van der Waals surface area contributed by atoms with Crippen LogP contribution in [0.1, 0.15) is 37.6 Å². The zero-order chi connectivity index (χ0) is 18.5. The maximum absolute atomic E-state index is 13.1. The Morgan fingerprint density at radius 2 is 1.88 bits per heavy atom. The second-order valence-corrected chi connectivity index (χ2v) is 5.91. The molecule has 26 heavy (non-hydrogen) atoms. The maximum Gasteiger partial charge on any atom is 0.235 e. The molecule has 0 amide bonds. The van der Waals surface area contributed by atoms with Gasteiger partial charge in [-0.3, -0.25) is 5.10 Å². The number of hydrogen-bond donors (Lipinski definition) is 4. The fourth-order valence-electron chi connectivity index (χ4n) is 2.48. The molecule has 0 saturated carbocycles. The average Bonchev–Trinajstić information content (AvgIpc) is 3.02. The van der Waals surface area contributed by atoms with Gasteiger partial charge in [-0.1, -0.05) is 25.5 Å². The van der Waals surface area contributed by atoms with Gasteiger partial charge in [0.2, 0.25) is 17.8 Å². The Morgan fingerprint density at radius 1 is 1.15 bits per heavy atom. The van der Waals surface area contributed by atoms with Gasteiger partial charge in [-0.05, 0) is 31.0 Å². The summed E-state index contributed by atoms with van der Waals surface area (Å²) in [6.07, 6.45) is 1.94. The highest BCUT2D eigenvalue weighted by Crippen LogP contribution is 2.19. The molecule has 5 N–H and O–H groups in total. The summed E-state index contributed by atoms with van der Waals surface area (Å²) >= 11 is 0. The van der Waals surface area contributed by atoms with Crippen molar-refractivity contribution in [1.82, 2.24) is 25.1 Å². The Labute approximate surface area is 150 Å². The summed E-state index contributed by atoms with van der Waals surface area (Å²) in [5, 5.41) is 13.3. The van der Waals surface area contributed by atoms with Crippen molar-refractivity contribution in [3.05, 3.63) is 47.4 Å². The van der Waals surface area contributed by atoms with E-state index in [0.717, 1.165) is 24.1 Å². The van der Waals surface area contributed by atoms with E-state index in [1.54, 1.807) is 12.1 Å². The van der Waals surface area contributed by atoms with Crippen LogP contribution in [0.15, 0.2) is 30.3 Å². The van der Waals surface area contributed by atoms with E-state index in [1.165, 1.54) is 12.1 Å². The number of aromatic nitrogens is 5. The smallest absolute Gasteiger partial charge is 0.235 e. The Morgan fingerprint density at radius 3 is 2.62 bits per heavy atom. The van der Waals surface area contributed by atoms with Gasteiger partial charge in [0.05, 0.1) is 6.04 Å². The van der Waals surface area contributed by atoms with Gasteiger partial charge in [-0.15, -0.1) is 0 Å². The summed E-state index contributed by atoms with van der Waals surface area (Å²) in [5.41, 5.74) is 7.71. The Balaban J connectivity index is 1.73. The predicted octanol–water partition coefficient (Wildman–Crippen LogP) is 3.19. The summed E-state index contributed by atoms with van der Waals surface area (Å²) in [5.74, 6) is 1.03. The number of nitrogens with one attached hydrogen (secondary N) is 3. The van der Waals surface area contributed by atoms with Gasteiger partial charge in [0.25, 0.3) is 0 Å². The van der Waals surface area contributed by atoms with Gasteiger partial charge in [0.15, 0.2) is 5.82 Å². The number of nitrogens with zero attached hydrogens (tertiary/aromatic N) is 4. The van der Waals surface area contributed by atoms with Crippen molar-refractivity contribution >= 4 is 23.7 Å². The van der Waals surface area contributed by atoms with Crippen molar-refractivity contribution in [3.63, 3.8) is 0 Å². The molecule has 1 aromatic carbocycles. The van der Waals surface area contributed by atoms with Crippen molar-refractivity contribution in [2.75, 3.05) is 16.4 Å². The predicted molar refractivity (Wildman–Crippen MR) is 98.5 cm³/mol. The molecule has 136 valence electrons. The van der Waals surface area contributed by atoms with Crippen LogP contribution in [0.4, 0.5) is 28.1 Å². The van der Waals surface area contributed by atoms with E-state index >= 15 is 0 Å². The normalized spacial score (nSPS) is 12.0. The van der Waals surface area contributed by atoms with E-state index in [0.29, 0.717) is 17.7 Å². The van der Waals surface area contributed by atoms with Crippen molar-refractivity contribution in [1.29, 1.82) is 0 Å². The number of hydrogen-bond acceptors (Lipinski definition) is 7. The largest absolute Gasteiger partial charge is 0.368 e. The number of aryl methyl sites for hydroxylation is 1. The summed E-state index contributed by atoms with van der Waals surface area (Å²) in [6.45, 7) is 4.02. The Hall–Kier alpha value is -3.23. The number of nitrogens with two attached hydrogens (primary N) is 1. The second-order valence-electron chi connectivity index (χ2n) is 5.91. The molecule has 0 aliphatic rings. The molecule has 0 fully saturated rings. The van der Waals surface area contributed by atoms with Gasteiger partial charge in [0, 0.05) is 11.8 Å². The quantitative estimate of drug-likeness (QED) is 0.513. The van der Waals surface area contributed by atoms with Crippen LogP contribution in [0, 0.1) is 5.82 Å². The summed E-state index contributed by atoms with van der Waals surface area (Å²) < 4.78 is 13.1. The number of halogens is 1. The topological polar surface area (TPSA) is 117 Å². The minimum Gasteiger partial charge on any atom is -0.368 e. The zero-order valence-electron chi connectivity index (χ0n) is 14.6. The zero-order valence-corrected chi connectivity index (χ0v) is 14.6. The number of anilines is 4. The Kier molecular flexibility index (Phi) is 5.26. The molecule has 0 radical (unpaired) electrons. The van der Waals surface area contributed by atoms with E-state index in [2.05, 4.69) is 42.7 Å². The van der Waals surface area contributed by atoms with Crippen LogP contribution in [0.5, 0.6) is 0 Å². The molecule has 9 heteroatoms. The first kappa shape index (κ1) is 17.6. The highest BCUT2D eigenvalue weighted by atomic mass is 19.1. The lowest BCUT2D eigenvalue weighted by Crippen LogP contribution is -2.12. The molecule has 0 spiro atoms. The Bertz CT molecular complexity index is 861. The van der Waals surface area contributed by atoms with Crippen LogP contribution < -0.4 is 16.4 Å². The molecular weight excluding hydrogens is 335 g/mol. The lowest BCUT2D eigenvalue weighted by Gasteiger charge is -2.14. The SMILES string of the molecule is CCCc1cc(Nc2nc(N)nc(NC(C)c3ccc(F)cc3)n2)n[nH]1. The number of aromatic amines is 1. The van der Waals surface area contributed by atoms with E-state index < -0.39 is 0 Å². The summed E-state index contributed by atoms with van der Waals surface area (Å²) in [4.78, 5) is 12.5. The minimum absolute atomic E-state index is 0.0839. The van der Waals surface area contributed by atoms with Crippen molar-refractivity contribution in [2.45, 2.75) is 32.7 Å². The van der Waals surface area contributed by atoms with E-state index in [4.69, 9.17) is 5.73 Å².